The van der Waals surface area contributed by atoms with Gasteiger partial charge in [-0.3, -0.25) is 4.79 Å². The van der Waals surface area contributed by atoms with Crippen LogP contribution in [-0.4, -0.2) is 36.7 Å². The zero-order valence-electron chi connectivity index (χ0n) is 12.2. The van der Waals surface area contributed by atoms with Gasteiger partial charge in [0.15, 0.2) is 0 Å². The van der Waals surface area contributed by atoms with Crippen LogP contribution in [0.2, 0.25) is 0 Å². The molecule has 0 amide bonds. The lowest BCUT2D eigenvalue weighted by molar-refractivity contribution is -0.141. The van der Waals surface area contributed by atoms with E-state index in [1.54, 1.807) is 0 Å². The summed E-state index contributed by atoms with van der Waals surface area (Å²) in [5.41, 5.74) is 0.284. The van der Waals surface area contributed by atoms with Gasteiger partial charge in [0, 0.05) is 11.3 Å². The van der Waals surface area contributed by atoms with Crippen molar-refractivity contribution in [2.45, 2.75) is 63.2 Å². The Balaban J connectivity index is 1.65. The van der Waals surface area contributed by atoms with Gasteiger partial charge in [0.25, 0.3) is 0 Å². The average Bonchev–Trinajstić information content (AvgIpc) is 3.02. The highest BCUT2D eigenvalue weighted by atomic mass is 32.2. The van der Waals surface area contributed by atoms with E-state index in [9.17, 15) is 4.79 Å². The van der Waals surface area contributed by atoms with Crippen LogP contribution in [0.4, 0.5) is 0 Å². The maximum atomic E-state index is 11.4. The van der Waals surface area contributed by atoms with Gasteiger partial charge in [-0.25, -0.2) is 0 Å². The van der Waals surface area contributed by atoms with E-state index in [2.05, 4.69) is 24.0 Å². The van der Waals surface area contributed by atoms with Crippen molar-refractivity contribution >= 4 is 17.7 Å². The molecule has 1 N–H and O–H groups in total. The van der Waals surface area contributed by atoms with Crippen molar-refractivity contribution < 1.29 is 9.53 Å². The van der Waals surface area contributed by atoms with Crippen molar-refractivity contribution in [3.05, 3.63) is 0 Å². The smallest absolute Gasteiger partial charge is 0.306 e. The van der Waals surface area contributed by atoms with Crippen LogP contribution < -0.4 is 5.32 Å². The molecule has 0 spiro atoms. The third-order valence-electron chi connectivity index (χ3n) is 4.40. The second-order valence-electron chi connectivity index (χ2n) is 6.15. The molecule has 2 fully saturated rings. The molecule has 2 unspecified atom stereocenters. The summed E-state index contributed by atoms with van der Waals surface area (Å²) in [6.45, 7) is 3.37. The van der Waals surface area contributed by atoms with Crippen molar-refractivity contribution in [2.75, 3.05) is 19.4 Å². The minimum Gasteiger partial charge on any atom is -0.469 e. The zero-order chi connectivity index (χ0) is 13.7. The van der Waals surface area contributed by atoms with E-state index in [-0.39, 0.29) is 11.4 Å². The molecule has 2 aliphatic carbocycles. The Kier molecular flexibility index (Phi) is 5.58. The van der Waals surface area contributed by atoms with Crippen LogP contribution in [-0.2, 0) is 9.53 Å². The minimum absolute atomic E-state index is 0.0352. The molecule has 4 heteroatoms. The number of nitrogens with one attached hydrogen (secondary N) is 1. The maximum Gasteiger partial charge on any atom is 0.306 e. The second-order valence-corrected chi connectivity index (χ2v) is 7.44. The van der Waals surface area contributed by atoms with Crippen molar-refractivity contribution in [1.29, 1.82) is 0 Å². The number of thioether (sulfide) groups is 1. The van der Waals surface area contributed by atoms with Crippen LogP contribution in [0.5, 0.6) is 0 Å². The van der Waals surface area contributed by atoms with Gasteiger partial charge in [0.05, 0.1) is 13.5 Å². The molecule has 19 heavy (non-hydrogen) atoms. The lowest BCUT2D eigenvalue weighted by Gasteiger charge is -2.17. The van der Waals surface area contributed by atoms with Crippen LogP contribution in [0.3, 0.4) is 0 Å². The first kappa shape index (κ1) is 15.2. The number of hydrogen-bond donors (Lipinski definition) is 1. The lowest BCUT2D eigenvalue weighted by Crippen LogP contribution is -2.27. The van der Waals surface area contributed by atoms with Crippen LogP contribution >= 0.6 is 11.8 Å². The maximum absolute atomic E-state index is 11.4. The van der Waals surface area contributed by atoms with Crippen molar-refractivity contribution in [1.82, 2.24) is 5.32 Å². The Morgan fingerprint density at radius 3 is 2.84 bits per heavy atom. The summed E-state index contributed by atoms with van der Waals surface area (Å²) < 4.78 is 4.80. The first-order valence-corrected chi connectivity index (χ1v) is 8.64. The number of hydrogen-bond acceptors (Lipinski definition) is 4. The third-order valence-corrected chi connectivity index (χ3v) is 6.08. The number of rotatable bonds is 8. The minimum atomic E-state index is -0.0352. The summed E-state index contributed by atoms with van der Waals surface area (Å²) in [4.78, 5) is 11.4. The first-order chi connectivity index (χ1) is 9.17. The Hall–Kier alpha value is -0.220. The van der Waals surface area contributed by atoms with E-state index in [1.165, 1.54) is 45.6 Å². The molecule has 2 rings (SSSR count). The zero-order valence-corrected chi connectivity index (χ0v) is 13.1. The van der Waals surface area contributed by atoms with E-state index in [1.807, 2.05) is 0 Å². The monoisotopic (exact) mass is 285 g/mol. The van der Waals surface area contributed by atoms with Gasteiger partial charge in [-0.05, 0) is 56.2 Å². The van der Waals surface area contributed by atoms with Crippen molar-refractivity contribution in [3.8, 4) is 0 Å². The van der Waals surface area contributed by atoms with Gasteiger partial charge in [-0.2, -0.15) is 11.8 Å². The molecule has 2 saturated carbocycles. The fourth-order valence-electron chi connectivity index (χ4n) is 2.85. The number of esters is 1. The summed E-state index contributed by atoms with van der Waals surface area (Å²) in [5, 5.41) is 4.42. The van der Waals surface area contributed by atoms with E-state index in [4.69, 9.17) is 4.74 Å². The van der Waals surface area contributed by atoms with Gasteiger partial charge in [0.2, 0.25) is 0 Å². The van der Waals surface area contributed by atoms with E-state index in [0.29, 0.717) is 6.42 Å². The molecule has 3 nitrogen and oxygen atoms in total. The molecule has 0 aliphatic heterocycles. The fourth-order valence-corrected chi connectivity index (χ4v) is 4.50. The van der Waals surface area contributed by atoms with E-state index >= 15 is 0 Å². The van der Waals surface area contributed by atoms with Crippen LogP contribution in [0, 0.1) is 5.41 Å². The van der Waals surface area contributed by atoms with E-state index < -0.39 is 0 Å². The number of carbonyl (C=O) groups is 1. The Bertz CT molecular complexity index is 305. The van der Waals surface area contributed by atoms with Crippen LogP contribution in [0.25, 0.3) is 0 Å². The predicted molar refractivity (Wildman–Crippen MR) is 80.5 cm³/mol. The van der Waals surface area contributed by atoms with Gasteiger partial charge in [0.1, 0.15) is 0 Å². The summed E-state index contributed by atoms with van der Waals surface area (Å²) >= 11 is 2.10. The van der Waals surface area contributed by atoms with Crippen molar-refractivity contribution in [3.63, 3.8) is 0 Å². The Morgan fingerprint density at radius 1 is 1.42 bits per heavy atom. The third kappa shape index (κ3) is 4.67. The van der Waals surface area contributed by atoms with E-state index in [0.717, 1.165) is 23.6 Å². The highest BCUT2D eigenvalue weighted by Gasteiger charge is 2.45. The van der Waals surface area contributed by atoms with Gasteiger partial charge in [-0.1, -0.05) is 6.92 Å². The summed E-state index contributed by atoms with van der Waals surface area (Å²) in [5.74, 6) is 1.11. The molecule has 0 heterocycles. The number of methoxy groups -OCH3 is 1. The molecule has 0 aromatic heterocycles. The highest BCUT2D eigenvalue weighted by Crippen LogP contribution is 2.52. The van der Waals surface area contributed by atoms with Gasteiger partial charge in [-0.15, -0.1) is 0 Å². The molecular weight excluding hydrogens is 258 g/mol. The predicted octanol–water partition coefficient (Wildman–Crippen LogP) is 2.98. The Labute approximate surface area is 121 Å². The lowest BCUT2D eigenvalue weighted by atomic mass is 10.1. The molecule has 0 aromatic carbocycles. The Morgan fingerprint density at radius 2 is 2.21 bits per heavy atom. The molecule has 0 bridgehead atoms. The fraction of sp³-hybridized carbons (Fsp3) is 0.933. The molecule has 2 atom stereocenters. The molecular formula is C15H27NO2S. The number of ether oxygens (including phenoxy) is 1. The molecule has 110 valence electrons. The molecule has 2 aliphatic rings. The summed E-state index contributed by atoms with van der Waals surface area (Å²) in [6.07, 6.45) is 8.22. The standard InChI is InChI=1S/C15H27NO2S/c1-3-8-16-12-4-5-13(9-12)19-11-15(6-7-15)10-14(17)18-2/h12-13,16H,3-11H2,1-2H3. The molecule has 0 aromatic rings. The topological polar surface area (TPSA) is 38.3 Å². The molecule has 0 radical (unpaired) electrons. The number of carbonyl (C=O) groups excluding carboxylic acids is 1. The van der Waals surface area contributed by atoms with Crippen LogP contribution in [0.1, 0.15) is 51.9 Å². The SMILES string of the molecule is CCCNC1CCC(SCC2(CC(=O)OC)CC2)C1. The highest BCUT2D eigenvalue weighted by molar-refractivity contribution is 7.99. The van der Waals surface area contributed by atoms with Crippen LogP contribution in [0.15, 0.2) is 0 Å². The summed E-state index contributed by atoms with van der Waals surface area (Å²) in [6, 6.07) is 0.730. The van der Waals surface area contributed by atoms with Gasteiger partial charge < -0.3 is 10.1 Å². The van der Waals surface area contributed by atoms with Crippen molar-refractivity contribution in [2.24, 2.45) is 5.41 Å². The summed E-state index contributed by atoms with van der Waals surface area (Å²) in [7, 11) is 1.49. The normalized spacial score (nSPS) is 28.3. The van der Waals surface area contributed by atoms with Gasteiger partial charge >= 0.3 is 5.97 Å². The quantitative estimate of drug-likeness (QED) is 0.696. The first-order valence-electron chi connectivity index (χ1n) is 7.59. The average molecular weight is 285 g/mol. The second kappa shape index (κ2) is 6.98. The largest absolute Gasteiger partial charge is 0.469 e. The molecule has 0 saturated heterocycles.